The van der Waals surface area contributed by atoms with Crippen molar-refractivity contribution in [3.63, 3.8) is 0 Å². The summed E-state index contributed by atoms with van der Waals surface area (Å²) in [5.41, 5.74) is 3.41. The minimum Gasteiger partial charge on any atom is -0.313 e. The Bertz CT molecular complexity index is 358. The van der Waals surface area contributed by atoms with Gasteiger partial charge in [0.25, 0.3) is 0 Å². The predicted octanol–water partition coefficient (Wildman–Crippen LogP) is 4.09. The van der Waals surface area contributed by atoms with E-state index in [1.807, 2.05) is 0 Å². The zero-order chi connectivity index (χ0) is 12.3. The smallest absolute Gasteiger partial charge is 0.0205 e. The van der Waals surface area contributed by atoms with Crippen LogP contribution >= 0.6 is 0 Å². The zero-order valence-corrected chi connectivity index (χ0v) is 11.4. The Morgan fingerprint density at radius 3 is 2.65 bits per heavy atom. The summed E-state index contributed by atoms with van der Waals surface area (Å²) in [6.45, 7) is 9.00. The molecule has 94 valence electrons. The topological polar surface area (TPSA) is 12.0 Å². The van der Waals surface area contributed by atoms with Gasteiger partial charge in [-0.2, -0.15) is 0 Å². The molecule has 1 fully saturated rings. The molecule has 0 bridgehead atoms. The van der Waals surface area contributed by atoms with E-state index in [4.69, 9.17) is 0 Å². The van der Waals surface area contributed by atoms with Crippen molar-refractivity contribution in [3.8, 4) is 0 Å². The molecule has 0 aliphatic heterocycles. The Morgan fingerprint density at radius 1 is 1.24 bits per heavy atom. The Morgan fingerprint density at radius 2 is 2.00 bits per heavy atom. The van der Waals surface area contributed by atoms with E-state index in [0.29, 0.717) is 5.41 Å². The molecule has 1 nitrogen and oxygen atoms in total. The van der Waals surface area contributed by atoms with Crippen molar-refractivity contribution in [2.45, 2.75) is 52.5 Å². The van der Waals surface area contributed by atoms with Gasteiger partial charge in [0.15, 0.2) is 0 Å². The normalized spacial score (nSPS) is 16.2. The first-order valence-corrected chi connectivity index (χ1v) is 6.84. The Hall–Kier alpha value is -0.820. The first-order valence-electron chi connectivity index (χ1n) is 6.84. The molecule has 2 rings (SSSR count). The minimum absolute atomic E-state index is 0.433. The van der Waals surface area contributed by atoms with Crippen molar-refractivity contribution < 1.29 is 0 Å². The van der Waals surface area contributed by atoms with Gasteiger partial charge in [0.1, 0.15) is 0 Å². The number of hydrogen-bond acceptors (Lipinski definition) is 1. The summed E-state index contributed by atoms with van der Waals surface area (Å²) in [4.78, 5) is 0. The van der Waals surface area contributed by atoms with Gasteiger partial charge in [-0.15, -0.1) is 0 Å². The standard InChI is InChI=1S/C16H25N/c1-16(2,3)9-10-17-12-13-5-4-6-15(11-13)14-7-8-14/h4-6,11,14,17H,7-10,12H2,1-3H3. The predicted molar refractivity (Wildman–Crippen MR) is 74.2 cm³/mol. The maximum Gasteiger partial charge on any atom is 0.0205 e. The van der Waals surface area contributed by atoms with Crippen LogP contribution in [0.3, 0.4) is 0 Å². The number of hydrogen-bond donors (Lipinski definition) is 1. The fourth-order valence-corrected chi connectivity index (χ4v) is 2.07. The van der Waals surface area contributed by atoms with Gasteiger partial charge >= 0.3 is 0 Å². The molecule has 0 atom stereocenters. The van der Waals surface area contributed by atoms with E-state index in [1.54, 1.807) is 5.56 Å². The van der Waals surface area contributed by atoms with Crippen molar-refractivity contribution in [2.75, 3.05) is 6.54 Å². The first-order chi connectivity index (χ1) is 8.04. The van der Waals surface area contributed by atoms with E-state index >= 15 is 0 Å². The van der Waals surface area contributed by atoms with Crippen LogP contribution in [0.5, 0.6) is 0 Å². The van der Waals surface area contributed by atoms with Gasteiger partial charge in [0.2, 0.25) is 0 Å². The van der Waals surface area contributed by atoms with Gasteiger partial charge in [0, 0.05) is 6.54 Å². The summed E-state index contributed by atoms with van der Waals surface area (Å²) in [7, 11) is 0. The van der Waals surface area contributed by atoms with Crippen LogP contribution < -0.4 is 5.32 Å². The lowest BCUT2D eigenvalue weighted by atomic mass is 9.92. The van der Waals surface area contributed by atoms with E-state index in [-0.39, 0.29) is 0 Å². The van der Waals surface area contributed by atoms with Gasteiger partial charge in [-0.25, -0.2) is 0 Å². The van der Waals surface area contributed by atoms with E-state index in [1.165, 1.54) is 24.8 Å². The van der Waals surface area contributed by atoms with Gasteiger partial charge in [-0.3, -0.25) is 0 Å². The van der Waals surface area contributed by atoms with Crippen molar-refractivity contribution in [2.24, 2.45) is 5.41 Å². The highest BCUT2D eigenvalue weighted by Gasteiger charge is 2.23. The third-order valence-corrected chi connectivity index (χ3v) is 3.38. The average Bonchev–Trinajstić information content (AvgIpc) is 3.07. The van der Waals surface area contributed by atoms with Gasteiger partial charge in [0.05, 0.1) is 0 Å². The summed E-state index contributed by atoms with van der Waals surface area (Å²) in [6, 6.07) is 9.09. The van der Waals surface area contributed by atoms with Gasteiger partial charge in [-0.05, 0) is 48.3 Å². The molecule has 1 aromatic carbocycles. The molecule has 1 aliphatic rings. The molecular formula is C16H25N. The maximum absolute atomic E-state index is 3.54. The highest BCUT2D eigenvalue weighted by atomic mass is 14.8. The molecule has 0 unspecified atom stereocenters. The molecule has 0 spiro atoms. The number of nitrogens with one attached hydrogen (secondary N) is 1. The molecule has 1 aromatic rings. The quantitative estimate of drug-likeness (QED) is 0.753. The molecular weight excluding hydrogens is 206 g/mol. The van der Waals surface area contributed by atoms with Crippen LogP contribution in [0.1, 0.15) is 57.1 Å². The van der Waals surface area contributed by atoms with Crippen molar-refractivity contribution in [1.82, 2.24) is 5.32 Å². The van der Waals surface area contributed by atoms with E-state index in [9.17, 15) is 0 Å². The van der Waals surface area contributed by atoms with Crippen molar-refractivity contribution in [3.05, 3.63) is 35.4 Å². The number of rotatable bonds is 5. The summed E-state index contributed by atoms with van der Waals surface area (Å²) in [6.07, 6.45) is 4.01. The third kappa shape index (κ3) is 4.51. The van der Waals surface area contributed by atoms with E-state index < -0.39 is 0 Å². The summed E-state index contributed by atoms with van der Waals surface area (Å²) in [5.74, 6) is 0.865. The molecule has 1 heteroatoms. The van der Waals surface area contributed by atoms with Crippen LogP contribution in [-0.4, -0.2) is 6.54 Å². The third-order valence-electron chi connectivity index (χ3n) is 3.38. The van der Waals surface area contributed by atoms with Crippen LogP contribution in [0.4, 0.5) is 0 Å². The Kier molecular flexibility index (Phi) is 3.88. The Balaban J connectivity index is 1.76. The van der Waals surface area contributed by atoms with Crippen molar-refractivity contribution >= 4 is 0 Å². The molecule has 0 radical (unpaired) electrons. The highest BCUT2D eigenvalue weighted by Crippen LogP contribution is 2.40. The van der Waals surface area contributed by atoms with Crippen molar-refractivity contribution in [1.29, 1.82) is 0 Å². The molecule has 1 saturated carbocycles. The highest BCUT2D eigenvalue weighted by molar-refractivity contribution is 5.29. The fraction of sp³-hybridized carbons (Fsp3) is 0.625. The molecule has 0 saturated heterocycles. The second-order valence-corrected chi connectivity index (χ2v) is 6.51. The van der Waals surface area contributed by atoms with Crippen LogP contribution in [0, 0.1) is 5.41 Å². The van der Waals surface area contributed by atoms with Crippen LogP contribution in [-0.2, 0) is 6.54 Å². The minimum atomic E-state index is 0.433. The molecule has 1 aliphatic carbocycles. The second kappa shape index (κ2) is 5.22. The summed E-state index contributed by atoms with van der Waals surface area (Å²) >= 11 is 0. The lowest BCUT2D eigenvalue weighted by Crippen LogP contribution is -2.20. The molecule has 0 aromatic heterocycles. The Labute approximate surface area is 106 Å². The van der Waals surface area contributed by atoms with Crippen LogP contribution in [0.2, 0.25) is 0 Å². The van der Waals surface area contributed by atoms with E-state index in [0.717, 1.165) is 19.0 Å². The van der Waals surface area contributed by atoms with Crippen LogP contribution in [0.15, 0.2) is 24.3 Å². The first kappa shape index (κ1) is 12.6. The van der Waals surface area contributed by atoms with E-state index in [2.05, 4.69) is 50.4 Å². The van der Waals surface area contributed by atoms with Gasteiger partial charge in [-0.1, -0.05) is 45.0 Å². The fourth-order valence-electron chi connectivity index (χ4n) is 2.07. The number of benzene rings is 1. The largest absolute Gasteiger partial charge is 0.313 e. The average molecular weight is 231 g/mol. The molecule has 17 heavy (non-hydrogen) atoms. The summed E-state index contributed by atoms with van der Waals surface area (Å²) < 4.78 is 0. The molecule has 0 amide bonds. The lowest BCUT2D eigenvalue weighted by molar-refractivity contribution is 0.366. The second-order valence-electron chi connectivity index (χ2n) is 6.51. The lowest BCUT2D eigenvalue weighted by Gasteiger charge is -2.18. The molecule has 0 heterocycles. The van der Waals surface area contributed by atoms with Gasteiger partial charge < -0.3 is 5.32 Å². The monoisotopic (exact) mass is 231 g/mol. The SMILES string of the molecule is CC(C)(C)CCNCc1cccc(C2CC2)c1. The zero-order valence-electron chi connectivity index (χ0n) is 11.4. The molecule has 1 N–H and O–H groups in total. The van der Waals surface area contributed by atoms with Crippen LogP contribution in [0.25, 0.3) is 0 Å². The summed E-state index contributed by atoms with van der Waals surface area (Å²) in [5, 5.41) is 3.54. The maximum atomic E-state index is 3.54.